The molecule has 0 saturated heterocycles. The van der Waals surface area contributed by atoms with Crippen LogP contribution in [0.25, 0.3) is 0 Å². The van der Waals surface area contributed by atoms with Crippen molar-refractivity contribution >= 4 is 17.7 Å². The van der Waals surface area contributed by atoms with Gasteiger partial charge in [0.05, 0.1) is 0 Å². The molecule has 6 heteroatoms. The van der Waals surface area contributed by atoms with Gasteiger partial charge < -0.3 is 16.0 Å². The van der Waals surface area contributed by atoms with Crippen molar-refractivity contribution in [2.45, 2.75) is 138 Å². The Labute approximate surface area is 254 Å². The molecule has 3 aliphatic rings. The fourth-order valence-corrected chi connectivity index (χ4v) is 9.20. The van der Waals surface area contributed by atoms with Crippen molar-refractivity contribution < 1.29 is 14.4 Å². The van der Waals surface area contributed by atoms with Gasteiger partial charge in [-0.05, 0) is 110 Å². The van der Waals surface area contributed by atoms with Crippen LogP contribution in [0.1, 0.15) is 151 Å². The van der Waals surface area contributed by atoms with E-state index in [1.807, 2.05) is 0 Å². The number of hydrogen-bond acceptors (Lipinski definition) is 3. The Morgan fingerprint density at radius 1 is 0.500 bits per heavy atom. The van der Waals surface area contributed by atoms with Gasteiger partial charge in [0.1, 0.15) is 0 Å². The molecule has 3 fully saturated rings. The zero-order valence-corrected chi connectivity index (χ0v) is 27.8. The number of nitrogens with one attached hydrogen (secondary N) is 3. The van der Waals surface area contributed by atoms with Crippen molar-refractivity contribution in [3.05, 3.63) is 34.9 Å². The molecule has 0 bridgehead atoms. The minimum absolute atomic E-state index is 0.0722. The van der Waals surface area contributed by atoms with Crippen molar-refractivity contribution in [1.82, 2.24) is 16.0 Å². The van der Waals surface area contributed by atoms with E-state index >= 15 is 0 Å². The Morgan fingerprint density at radius 2 is 0.738 bits per heavy atom. The summed E-state index contributed by atoms with van der Waals surface area (Å²) in [5.41, 5.74) is 1.62. The quantitative estimate of drug-likeness (QED) is 0.326. The summed E-state index contributed by atoms with van der Waals surface area (Å²) in [6.07, 6.45) is 9.01. The van der Waals surface area contributed by atoms with Crippen molar-refractivity contribution in [2.24, 2.45) is 34.0 Å². The Hall–Kier alpha value is -2.37. The third kappa shape index (κ3) is 8.83. The molecule has 1 aromatic rings. The maximum atomic E-state index is 13.6. The first-order valence-electron chi connectivity index (χ1n) is 16.5. The molecular weight excluding hydrogens is 522 g/mol. The minimum Gasteiger partial charge on any atom is -0.349 e. The van der Waals surface area contributed by atoms with Gasteiger partial charge in [0.2, 0.25) is 0 Å². The van der Waals surface area contributed by atoms with Crippen LogP contribution in [0.5, 0.6) is 0 Å². The zero-order chi connectivity index (χ0) is 31.0. The van der Waals surface area contributed by atoms with Crippen molar-refractivity contribution in [1.29, 1.82) is 0 Å². The summed E-state index contributed by atoms with van der Waals surface area (Å²) >= 11 is 0. The summed E-state index contributed by atoms with van der Waals surface area (Å²) in [4.78, 5) is 40.9. The lowest BCUT2D eigenvalue weighted by molar-refractivity contribution is 0.0871. The van der Waals surface area contributed by atoms with Crippen molar-refractivity contribution in [3.63, 3.8) is 0 Å². The molecule has 0 spiro atoms. The largest absolute Gasteiger partial charge is 0.349 e. The molecule has 234 valence electrons. The second-order valence-electron chi connectivity index (χ2n) is 17.1. The van der Waals surface area contributed by atoms with E-state index in [9.17, 15) is 14.4 Å². The normalized spacial score (nSPS) is 31.9. The molecule has 6 atom stereocenters. The highest BCUT2D eigenvalue weighted by Crippen LogP contribution is 2.40. The second-order valence-corrected chi connectivity index (χ2v) is 17.1. The van der Waals surface area contributed by atoms with E-state index in [0.717, 1.165) is 57.8 Å². The summed E-state index contributed by atoms with van der Waals surface area (Å²) in [6.45, 7) is 20.3. The number of benzene rings is 1. The van der Waals surface area contributed by atoms with Crippen LogP contribution in [0.3, 0.4) is 0 Å². The molecule has 42 heavy (non-hydrogen) atoms. The molecule has 1 aromatic carbocycles. The molecule has 3 N–H and O–H groups in total. The van der Waals surface area contributed by atoms with Gasteiger partial charge in [0.15, 0.2) is 0 Å². The average Bonchev–Trinajstić information content (AvgIpc) is 2.79. The second kappa shape index (κ2) is 12.3. The van der Waals surface area contributed by atoms with E-state index in [1.165, 1.54) is 0 Å². The first-order valence-corrected chi connectivity index (χ1v) is 16.5. The Balaban J connectivity index is 1.58. The SMILES string of the molecule is CC1CC(NC(=O)c2cc(C(=O)NC3CC(C)CC(C)(C)C3)cc(C(=O)NC3CC(C)CC(C)(C)C3)c2)CC(C)(C)C1. The van der Waals surface area contributed by atoms with Gasteiger partial charge in [-0.25, -0.2) is 0 Å². The summed E-state index contributed by atoms with van der Waals surface area (Å²) in [5.74, 6) is 0.945. The van der Waals surface area contributed by atoms with Crippen LogP contribution < -0.4 is 16.0 Å². The molecular formula is C36H57N3O3. The molecule has 3 amide bonds. The highest BCUT2D eigenvalue weighted by molar-refractivity contribution is 6.04. The number of hydrogen-bond donors (Lipinski definition) is 3. The van der Waals surface area contributed by atoms with Crippen LogP contribution in [0.15, 0.2) is 18.2 Å². The van der Waals surface area contributed by atoms with E-state index in [0.29, 0.717) is 34.4 Å². The number of carbonyl (C=O) groups is 3. The predicted octanol–water partition coefficient (Wildman–Crippen LogP) is 7.52. The summed E-state index contributed by atoms with van der Waals surface area (Å²) < 4.78 is 0. The van der Waals surface area contributed by atoms with Gasteiger partial charge in [0, 0.05) is 34.8 Å². The van der Waals surface area contributed by atoms with Crippen LogP contribution >= 0.6 is 0 Å². The molecule has 3 aliphatic carbocycles. The zero-order valence-electron chi connectivity index (χ0n) is 27.8. The fraction of sp³-hybridized carbons (Fsp3) is 0.750. The maximum absolute atomic E-state index is 13.6. The van der Waals surface area contributed by atoms with Gasteiger partial charge in [-0.3, -0.25) is 14.4 Å². The van der Waals surface area contributed by atoms with Gasteiger partial charge in [-0.1, -0.05) is 62.3 Å². The van der Waals surface area contributed by atoms with Crippen molar-refractivity contribution in [2.75, 3.05) is 0 Å². The third-order valence-corrected chi connectivity index (χ3v) is 9.89. The van der Waals surface area contributed by atoms with Crippen LogP contribution in [0.2, 0.25) is 0 Å². The van der Waals surface area contributed by atoms with Crippen LogP contribution in [-0.4, -0.2) is 35.8 Å². The Bertz CT molecular complexity index is 1010. The molecule has 0 radical (unpaired) electrons. The minimum atomic E-state index is -0.214. The van der Waals surface area contributed by atoms with Crippen molar-refractivity contribution in [3.8, 4) is 0 Å². The fourth-order valence-electron chi connectivity index (χ4n) is 9.20. The predicted molar refractivity (Wildman–Crippen MR) is 171 cm³/mol. The van der Waals surface area contributed by atoms with Crippen LogP contribution in [-0.2, 0) is 0 Å². The smallest absolute Gasteiger partial charge is 0.251 e. The molecule has 0 heterocycles. The Kier molecular flexibility index (Phi) is 9.55. The Morgan fingerprint density at radius 3 is 0.952 bits per heavy atom. The topological polar surface area (TPSA) is 87.3 Å². The average molecular weight is 580 g/mol. The van der Waals surface area contributed by atoms with E-state index in [2.05, 4.69) is 78.3 Å². The number of rotatable bonds is 6. The molecule has 6 unspecified atom stereocenters. The van der Waals surface area contributed by atoms with E-state index in [4.69, 9.17) is 0 Å². The molecule has 6 nitrogen and oxygen atoms in total. The molecule has 0 aromatic heterocycles. The lowest BCUT2D eigenvalue weighted by atomic mass is 9.70. The van der Waals surface area contributed by atoms with Gasteiger partial charge in [0.25, 0.3) is 17.7 Å². The van der Waals surface area contributed by atoms with Crippen LogP contribution in [0, 0.1) is 34.0 Å². The van der Waals surface area contributed by atoms with Gasteiger partial charge in [-0.15, -0.1) is 0 Å². The first-order chi connectivity index (χ1) is 19.4. The molecule has 0 aliphatic heterocycles. The number of carbonyl (C=O) groups excluding carboxylic acids is 3. The third-order valence-electron chi connectivity index (χ3n) is 9.89. The maximum Gasteiger partial charge on any atom is 0.251 e. The summed E-state index contributed by atoms with van der Waals surface area (Å²) in [6, 6.07) is 5.22. The summed E-state index contributed by atoms with van der Waals surface area (Å²) in [5, 5.41) is 9.74. The van der Waals surface area contributed by atoms with Gasteiger partial charge >= 0.3 is 0 Å². The highest BCUT2D eigenvalue weighted by atomic mass is 16.2. The van der Waals surface area contributed by atoms with E-state index in [-0.39, 0.29) is 52.1 Å². The molecule has 4 rings (SSSR count). The first kappa shape index (κ1) is 32.5. The summed E-state index contributed by atoms with van der Waals surface area (Å²) in [7, 11) is 0. The van der Waals surface area contributed by atoms with Gasteiger partial charge in [-0.2, -0.15) is 0 Å². The number of amides is 3. The lowest BCUT2D eigenvalue weighted by Gasteiger charge is -2.39. The molecule has 3 saturated carbocycles. The lowest BCUT2D eigenvalue weighted by Crippen LogP contribution is -2.44. The van der Waals surface area contributed by atoms with E-state index < -0.39 is 0 Å². The standard InChI is InChI=1S/C36H57N3O3/c1-22-10-28(19-34(4,5)16-22)37-31(40)25-13-26(32(41)38-29-11-23(2)17-35(6,7)20-29)15-27(14-25)33(42)39-30-12-24(3)18-36(8,9)21-30/h13-15,22-24,28-30H,10-12,16-21H2,1-9H3,(H,37,40)(H,38,41)(H,39,42). The van der Waals surface area contributed by atoms with E-state index in [1.54, 1.807) is 18.2 Å². The monoisotopic (exact) mass is 579 g/mol. The highest BCUT2D eigenvalue weighted by Gasteiger charge is 2.36. The van der Waals surface area contributed by atoms with Crippen LogP contribution in [0.4, 0.5) is 0 Å².